The molecule has 0 fully saturated rings. The highest BCUT2D eigenvalue weighted by Gasteiger charge is 2.20. The average molecular weight is 363 g/mol. The van der Waals surface area contributed by atoms with Gasteiger partial charge in [-0.2, -0.15) is 0 Å². The molecule has 0 aromatic heterocycles. The van der Waals surface area contributed by atoms with E-state index in [1.54, 1.807) is 12.1 Å². The molecule has 1 aromatic rings. The monoisotopic (exact) mass is 362 g/mol. The van der Waals surface area contributed by atoms with Gasteiger partial charge in [-0.3, -0.25) is 4.79 Å². The van der Waals surface area contributed by atoms with Crippen LogP contribution in [0.1, 0.15) is 16.8 Å². The molecule has 110 valence electrons. The Morgan fingerprint density at radius 1 is 1.50 bits per heavy atom. The third kappa shape index (κ3) is 4.81. The second-order valence-electron chi connectivity index (χ2n) is 4.10. The molecular formula is C13H16BrFN2O2S. The second kappa shape index (κ2) is 8.28. The van der Waals surface area contributed by atoms with Gasteiger partial charge in [0.05, 0.1) is 21.6 Å². The van der Waals surface area contributed by atoms with E-state index in [1.807, 2.05) is 0 Å². The molecule has 2 N–H and O–H groups in total. The normalized spacial score (nSPS) is 10.3. The molecule has 1 amide bonds. The Morgan fingerprint density at radius 2 is 2.20 bits per heavy atom. The summed E-state index contributed by atoms with van der Waals surface area (Å²) in [6, 6.07) is 4.60. The van der Waals surface area contributed by atoms with Crippen LogP contribution in [0.5, 0.6) is 0 Å². The Balaban J connectivity index is 2.90. The van der Waals surface area contributed by atoms with Crippen LogP contribution in [0, 0.1) is 5.82 Å². The standard InChI is InChI=1S/C13H16BrFN2O2S/c1-19-8-7-17(6-5-11(16)20)13(18)9-3-2-4-10(14)12(9)15/h2-4H,5-8H2,1H3,(H2,16,20). The van der Waals surface area contributed by atoms with Crippen molar-refractivity contribution in [2.75, 3.05) is 26.8 Å². The largest absolute Gasteiger partial charge is 0.393 e. The molecule has 4 nitrogen and oxygen atoms in total. The first kappa shape index (κ1) is 17.0. The first-order valence-electron chi connectivity index (χ1n) is 5.98. The summed E-state index contributed by atoms with van der Waals surface area (Å²) in [5, 5.41) is 0. The smallest absolute Gasteiger partial charge is 0.256 e. The number of halogens is 2. The average Bonchev–Trinajstić information content (AvgIpc) is 2.41. The number of ether oxygens (including phenoxy) is 1. The predicted octanol–water partition coefficient (Wildman–Crippen LogP) is 2.35. The minimum absolute atomic E-state index is 0.0124. The Morgan fingerprint density at radius 3 is 2.80 bits per heavy atom. The highest BCUT2D eigenvalue weighted by Crippen LogP contribution is 2.20. The van der Waals surface area contributed by atoms with Gasteiger partial charge in [0.25, 0.3) is 5.91 Å². The Bertz CT molecular complexity index is 499. The molecule has 0 spiro atoms. The zero-order valence-electron chi connectivity index (χ0n) is 11.1. The first-order valence-corrected chi connectivity index (χ1v) is 7.18. The summed E-state index contributed by atoms with van der Waals surface area (Å²) in [6.45, 7) is 1.05. The molecule has 0 bridgehead atoms. The fraction of sp³-hybridized carbons (Fsp3) is 0.385. The number of amides is 1. The fourth-order valence-electron chi connectivity index (χ4n) is 1.60. The maximum absolute atomic E-state index is 14.0. The summed E-state index contributed by atoms with van der Waals surface area (Å²) in [6.07, 6.45) is 0.389. The number of benzene rings is 1. The van der Waals surface area contributed by atoms with Crippen LogP contribution in [0.3, 0.4) is 0 Å². The Kier molecular flexibility index (Phi) is 7.04. The predicted molar refractivity (Wildman–Crippen MR) is 83.3 cm³/mol. The van der Waals surface area contributed by atoms with Crippen molar-refractivity contribution in [2.45, 2.75) is 6.42 Å². The van der Waals surface area contributed by atoms with Gasteiger partial charge in [0, 0.05) is 26.6 Å². The summed E-state index contributed by atoms with van der Waals surface area (Å²) < 4.78 is 19.2. The van der Waals surface area contributed by atoms with Crippen molar-refractivity contribution in [1.29, 1.82) is 0 Å². The number of methoxy groups -OCH3 is 1. The second-order valence-corrected chi connectivity index (χ2v) is 5.48. The van der Waals surface area contributed by atoms with E-state index in [0.717, 1.165) is 0 Å². The Labute approximate surface area is 131 Å². The minimum atomic E-state index is -0.574. The van der Waals surface area contributed by atoms with Gasteiger partial charge in [-0.05, 0) is 28.1 Å². The topological polar surface area (TPSA) is 55.6 Å². The van der Waals surface area contributed by atoms with Crippen LogP contribution in [0.15, 0.2) is 22.7 Å². The Hall–Kier alpha value is -1.05. The molecule has 0 aliphatic heterocycles. The molecule has 0 saturated carbocycles. The summed E-state index contributed by atoms with van der Waals surface area (Å²) >= 11 is 7.87. The molecule has 1 aromatic carbocycles. The number of hydrogen-bond donors (Lipinski definition) is 1. The van der Waals surface area contributed by atoms with E-state index in [-0.39, 0.29) is 10.0 Å². The highest BCUT2D eigenvalue weighted by molar-refractivity contribution is 9.10. The quantitative estimate of drug-likeness (QED) is 0.756. The third-order valence-corrected chi connectivity index (χ3v) is 3.48. The van der Waals surface area contributed by atoms with E-state index in [9.17, 15) is 9.18 Å². The van der Waals surface area contributed by atoms with Gasteiger partial charge in [-0.1, -0.05) is 18.3 Å². The number of nitrogens with zero attached hydrogens (tertiary/aromatic N) is 1. The zero-order valence-corrected chi connectivity index (χ0v) is 13.5. The highest BCUT2D eigenvalue weighted by atomic mass is 79.9. The number of carbonyl (C=O) groups excluding carboxylic acids is 1. The lowest BCUT2D eigenvalue weighted by Crippen LogP contribution is -2.36. The van der Waals surface area contributed by atoms with Crippen molar-refractivity contribution < 1.29 is 13.9 Å². The molecule has 7 heteroatoms. The summed E-state index contributed by atoms with van der Waals surface area (Å²) in [4.78, 5) is 14.2. The van der Waals surface area contributed by atoms with Crippen LogP contribution in [0.25, 0.3) is 0 Å². The van der Waals surface area contributed by atoms with Crippen molar-refractivity contribution in [3.63, 3.8) is 0 Å². The number of carbonyl (C=O) groups is 1. The molecule has 1 rings (SSSR count). The third-order valence-electron chi connectivity index (χ3n) is 2.66. The minimum Gasteiger partial charge on any atom is -0.393 e. The van der Waals surface area contributed by atoms with Gasteiger partial charge in [0.1, 0.15) is 5.82 Å². The molecule has 0 atom stereocenters. The van der Waals surface area contributed by atoms with Gasteiger partial charge in [-0.15, -0.1) is 0 Å². The van der Waals surface area contributed by atoms with Crippen molar-refractivity contribution in [3.8, 4) is 0 Å². The summed E-state index contributed by atoms with van der Waals surface area (Å²) in [5.41, 5.74) is 5.46. The summed E-state index contributed by atoms with van der Waals surface area (Å²) in [5.74, 6) is -0.979. The lowest BCUT2D eigenvalue weighted by Gasteiger charge is -2.22. The van der Waals surface area contributed by atoms with Gasteiger partial charge >= 0.3 is 0 Å². The number of rotatable bonds is 7. The maximum Gasteiger partial charge on any atom is 0.256 e. The number of hydrogen-bond acceptors (Lipinski definition) is 3. The van der Waals surface area contributed by atoms with Crippen molar-refractivity contribution in [2.24, 2.45) is 5.73 Å². The molecule has 0 heterocycles. The number of thiocarbonyl (C=S) groups is 1. The fourth-order valence-corrected chi connectivity index (χ4v) is 2.06. The van der Waals surface area contributed by atoms with Gasteiger partial charge < -0.3 is 15.4 Å². The van der Waals surface area contributed by atoms with E-state index in [2.05, 4.69) is 15.9 Å². The van der Waals surface area contributed by atoms with E-state index in [1.165, 1.54) is 18.1 Å². The van der Waals surface area contributed by atoms with Crippen LogP contribution in [-0.2, 0) is 4.74 Å². The lowest BCUT2D eigenvalue weighted by molar-refractivity contribution is 0.0696. The maximum atomic E-state index is 14.0. The van der Waals surface area contributed by atoms with Gasteiger partial charge in [-0.25, -0.2) is 4.39 Å². The van der Waals surface area contributed by atoms with Crippen molar-refractivity contribution in [1.82, 2.24) is 4.90 Å². The molecule has 20 heavy (non-hydrogen) atoms. The van der Waals surface area contributed by atoms with E-state index < -0.39 is 11.7 Å². The van der Waals surface area contributed by atoms with Gasteiger partial charge in [0.2, 0.25) is 0 Å². The van der Waals surface area contributed by atoms with E-state index in [0.29, 0.717) is 31.1 Å². The molecule has 0 saturated heterocycles. The molecule has 0 unspecified atom stereocenters. The molecule has 0 radical (unpaired) electrons. The van der Waals surface area contributed by atoms with Crippen LogP contribution >= 0.6 is 28.1 Å². The van der Waals surface area contributed by atoms with Crippen LogP contribution in [-0.4, -0.2) is 42.6 Å². The summed E-state index contributed by atoms with van der Waals surface area (Å²) in [7, 11) is 1.54. The van der Waals surface area contributed by atoms with Gasteiger partial charge in [0.15, 0.2) is 0 Å². The van der Waals surface area contributed by atoms with E-state index >= 15 is 0 Å². The van der Waals surface area contributed by atoms with Crippen LogP contribution < -0.4 is 5.73 Å². The zero-order chi connectivity index (χ0) is 15.1. The SMILES string of the molecule is COCCN(CCC(N)=S)C(=O)c1cccc(Br)c1F. The first-order chi connectivity index (χ1) is 9.47. The lowest BCUT2D eigenvalue weighted by atomic mass is 10.2. The number of nitrogens with two attached hydrogens (primary N) is 1. The molecular weight excluding hydrogens is 347 g/mol. The molecule has 0 aliphatic rings. The van der Waals surface area contributed by atoms with Crippen molar-refractivity contribution in [3.05, 3.63) is 34.1 Å². The van der Waals surface area contributed by atoms with Crippen LogP contribution in [0.2, 0.25) is 0 Å². The van der Waals surface area contributed by atoms with Crippen LogP contribution in [0.4, 0.5) is 4.39 Å². The molecule has 0 aliphatic carbocycles. The van der Waals surface area contributed by atoms with Crippen molar-refractivity contribution >= 4 is 39.0 Å². The van der Waals surface area contributed by atoms with E-state index in [4.69, 9.17) is 22.7 Å².